The number of aldehydes is 1. The third-order valence-electron chi connectivity index (χ3n) is 4.41. The van der Waals surface area contributed by atoms with E-state index >= 15 is 0 Å². The summed E-state index contributed by atoms with van der Waals surface area (Å²) in [7, 11) is -3.77. The van der Waals surface area contributed by atoms with E-state index in [-0.39, 0.29) is 4.90 Å². The Hall–Kier alpha value is -2.45. The van der Waals surface area contributed by atoms with E-state index in [1.165, 1.54) is 12.1 Å². The molecule has 0 heterocycles. The van der Waals surface area contributed by atoms with Gasteiger partial charge < -0.3 is 4.79 Å². The Kier molecular flexibility index (Phi) is 3.57. The Morgan fingerprint density at radius 2 is 1.70 bits per heavy atom. The molecule has 1 aliphatic carbocycles. The first-order chi connectivity index (χ1) is 11.0. The van der Waals surface area contributed by atoms with Gasteiger partial charge in [-0.15, -0.1) is 0 Å². The number of benzene rings is 2. The molecule has 3 rings (SSSR count). The molecule has 0 N–H and O–H groups in total. The normalized spacial score (nSPS) is 26.3. The summed E-state index contributed by atoms with van der Waals surface area (Å²) in [4.78, 5) is 11.7. The van der Waals surface area contributed by atoms with Crippen molar-refractivity contribution in [3.05, 3.63) is 65.7 Å². The number of nitriles is 1. The van der Waals surface area contributed by atoms with E-state index in [1.807, 2.05) is 19.1 Å². The van der Waals surface area contributed by atoms with Gasteiger partial charge in [-0.05, 0) is 24.6 Å². The molecule has 0 amide bonds. The van der Waals surface area contributed by atoms with Crippen molar-refractivity contribution in [1.82, 2.24) is 0 Å². The molecule has 1 aliphatic rings. The number of hydrogen-bond acceptors (Lipinski definition) is 4. The monoisotopic (exact) mass is 325 g/mol. The van der Waals surface area contributed by atoms with Crippen molar-refractivity contribution >= 4 is 16.1 Å². The fourth-order valence-electron chi connectivity index (χ4n) is 3.10. The van der Waals surface area contributed by atoms with Crippen LogP contribution in [0.25, 0.3) is 0 Å². The maximum atomic E-state index is 12.9. The van der Waals surface area contributed by atoms with Crippen LogP contribution in [0.1, 0.15) is 17.0 Å². The van der Waals surface area contributed by atoms with Gasteiger partial charge in [-0.3, -0.25) is 0 Å². The highest BCUT2D eigenvalue weighted by molar-refractivity contribution is 7.92. The molecule has 0 bridgehead atoms. The van der Waals surface area contributed by atoms with Gasteiger partial charge in [-0.1, -0.05) is 48.0 Å². The molecule has 0 unspecified atom stereocenters. The number of sulfone groups is 1. The van der Waals surface area contributed by atoms with Crippen LogP contribution >= 0.6 is 0 Å². The van der Waals surface area contributed by atoms with Crippen molar-refractivity contribution in [2.24, 2.45) is 5.41 Å². The lowest BCUT2D eigenvalue weighted by molar-refractivity contribution is -0.110. The lowest BCUT2D eigenvalue weighted by Crippen LogP contribution is -2.16. The largest absolute Gasteiger partial charge is 0.302 e. The van der Waals surface area contributed by atoms with Gasteiger partial charge in [0.15, 0.2) is 9.84 Å². The van der Waals surface area contributed by atoms with Crippen molar-refractivity contribution in [1.29, 1.82) is 5.26 Å². The number of aryl methyl sites for hydroxylation is 1. The Balaban J connectivity index is 2.09. The summed E-state index contributed by atoms with van der Waals surface area (Å²) in [6.45, 7) is 1.87. The average molecular weight is 325 g/mol. The molecule has 116 valence electrons. The molecule has 0 spiro atoms. The van der Waals surface area contributed by atoms with E-state index in [0.717, 1.165) is 5.56 Å². The molecule has 5 heteroatoms. The smallest absolute Gasteiger partial charge is 0.183 e. The summed E-state index contributed by atoms with van der Waals surface area (Å²) >= 11 is 0. The number of nitrogens with zero attached hydrogens (tertiary/aromatic N) is 1. The maximum Gasteiger partial charge on any atom is 0.183 e. The van der Waals surface area contributed by atoms with Gasteiger partial charge in [0.2, 0.25) is 0 Å². The highest BCUT2D eigenvalue weighted by atomic mass is 32.2. The third kappa shape index (κ3) is 2.27. The van der Waals surface area contributed by atoms with Gasteiger partial charge in [0.1, 0.15) is 17.0 Å². The van der Waals surface area contributed by atoms with Crippen molar-refractivity contribution in [3.63, 3.8) is 0 Å². The molecule has 23 heavy (non-hydrogen) atoms. The van der Waals surface area contributed by atoms with E-state index in [1.54, 1.807) is 36.4 Å². The first kappa shape index (κ1) is 15.4. The first-order valence-electron chi connectivity index (χ1n) is 7.20. The van der Waals surface area contributed by atoms with Crippen LogP contribution < -0.4 is 0 Å². The van der Waals surface area contributed by atoms with Crippen LogP contribution in [0.3, 0.4) is 0 Å². The first-order valence-corrected chi connectivity index (χ1v) is 8.75. The standard InChI is InChI=1S/C18H15NO3S/c1-13-7-9-15(10-8-13)23(21,22)17-16(18(17,11-19)12-20)14-5-3-2-4-6-14/h2-10,12,16-17H,1H3/t16-,17-,18+/m0/s1. The summed E-state index contributed by atoms with van der Waals surface area (Å²) in [5, 5.41) is 8.43. The molecule has 2 aromatic carbocycles. The van der Waals surface area contributed by atoms with Gasteiger partial charge in [0, 0.05) is 5.92 Å². The highest BCUT2D eigenvalue weighted by Crippen LogP contribution is 2.62. The van der Waals surface area contributed by atoms with Crippen LogP contribution in [0.2, 0.25) is 0 Å². The van der Waals surface area contributed by atoms with Crippen LogP contribution in [0, 0.1) is 23.7 Å². The Morgan fingerprint density at radius 1 is 1.09 bits per heavy atom. The average Bonchev–Trinajstić information content (AvgIpc) is 3.27. The lowest BCUT2D eigenvalue weighted by atomic mass is 10.0. The molecule has 0 aliphatic heterocycles. The van der Waals surface area contributed by atoms with Crippen molar-refractivity contribution in [2.45, 2.75) is 23.0 Å². The SMILES string of the molecule is Cc1ccc(S(=O)(=O)[C@H]2[C@H](c3ccccc3)[C@@]2(C#N)C=O)cc1. The Morgan fingerprint density at radius 3 is 2.22 bits per heavy atom. The third-order valence-corrected chi connectivity index (χ3v) is 6.67. The molecule has 3 atom stereocenters. The fraction of sp³-hybridized carbons (Fsp3) is 0.222. The molecular formula is C18H15NO3S. The second kappa shape index (κ2) is 5.32. The molecule has 0 aromatic heterocycles. The number of carbonyl (C=O) groups excluding carboxylic acids is 1. The minimum atomic E-state index is -3.77. The van der Waals surface area contributed by atoms with E-state index in [0.29, 0.717) is 11.8 Å². The summed E-state index contributed by atoms with van der Waals surface area (Å²) in [5.74, 6) is -0.627. The predicted octanol–water partition coefficient (Wildman–Crippen LogP) is 2.64. The fourth-order valence-corrected chi connectivity index (χ4v) is 5.33. The van der Waals surface area contributed by atoms with Crippen molar-refractivity contribution in [2.75, 3.05) is 0 Å². The van der Waals surface area contributed by atoms with Gasteiger partial charge >= 0.3 is 0 Å². The van der Waals surface area contributed by atoms with E-state index < -0.39 is 26.4 Å². The number of rotatable bonds is 4. The zero-order valence-electron chi connectivity index (χ0n) is 12.5. The molecule has 0 saturated heterocycles. The highest BCUT2D eigenvalue weighted by Gasteiger charge is 2.72. The second-order valence-corrected chi connectivity index (χ2v) is 7.90. The zero-order chi connectivity index (χ0) is 16.7. The predicted molar refractivity (Wildman–Crippen MR) is 85.4 cm³/mol. The summed E-state index contributed by atoms with van der Waals surface area (Å²) in [6.07, 6.45) is 0.487. The Bertz CT molecular complexity index is 882. The molecule has 2 aromatic rings. The van der Waals surface area contributed by atoms with Gasteiger partial charge in [0.25, 0.3) is 0 Å². The van der Waals surface area contributed by atoms with Crippen molar-refractivity contribution < 1.29 is 13.2 Å². The van der Waals surface area contributed by atoms with Gasteiger partial charge in [-0.2, -0.15) is 5.26 Å². The summed E-state index contributed by atoms with van der Waals surface area (Å²) < 4.78 is 25.8. The van der Waals surface area contributed by atoms with E-state index in [9.17, 15) is 18.5 Å². The number of carbonyl (C=O) groups is 1. The number of hydrogen-bond donors (Lipinski definition) is 0. The zero-order valence-corrected chi connectivity index (χ0v) is 13.3. The van der Waals surface area contributed by atoms with Crippen molar-refractivity contribution in [3.8, 4) is 6.07 Å². The van der Waals surface area contributed by atoms with E-state index in [2.05, 4.69) is 0 Å². The van der Waals surface area contributed by atoms with Gasteiger partial charge in [-0.25, -0.2) is 8.42 Å². The topological polar surface area (TPSA) is 75.0 Å². The minimum Gasteiger partial charge on any atom is -0.302 e. The van der Waals surface area contributed by atoms with Crippen LogP contribution in [-0.4, -0.2) is 20.0 Å². The lowest BCUT2D eigenvalue weighted by Gasteiger charge is -2.05. The molecule has 0 radical (unpaired) electrons. The van der Waals surface area contributed by atoms with Gasteiger partial charge in [0.05, 0.1) is 11.0 Å². The maximum absolute atomic E-state index is 12.9. The Labute approximate surface area is 135 Å². The van der Waals surface area contributed by atoms with E-state index in [4.69, 9.17) is 0 Å². The van der Waals surface area contributed by atoms with Crippen LogP contribution in [-0.2, 0) is 14.6 Å². The molecule has 1 saturated carbocycles. The molecule has 1 fully saturated rings. The summed E-state index contributed by atoms with van der Waals surface area (Å²) in [5.41, 5.74) is 0.133. The quantitative estimate of drug-likeness (QED) is 0.810. The van der Waals surface area contributed by atoms with Crippen LogP contribution in [0.5, 0.6) is 0 Å². The minimum absolute atomic E-state index is 0.146. The van der Waals surface area contributed by atoms with Crippen LogP contribution in [0.4, 0.5) is 0 Å². The molecular weight excluding hydrogens is 310 g/mol. The molecule has 4 nitrogen and oxygen atoms in total. The van der Waals surface area contributed by atoms with Crippen LogP contribution in [0.15, 0.2) is 59.5 Å². The second-order valence-electron chi connectivity index (χ2n) is 5.83. The summed E-state index contributed by atoms with van der Waals surface area (Å²) in [6, 6.07) is 17.3.